The van der Waals surface area contributed by atoms with Gasteiger partial charge in [-0.2, -0.15) is 0 Å². The number of nitrogens with zero attached hydrogens (tertiary/aromatic N) is 3. The maximum Gasteiger partial charge on any atom is 0.410 e. The highest BCUT2D eigenvalue weighted by molar-refractivity contribution is 5.68. The second-order valence-corrected chi connectivity index (χ2v) is 6.72. The minimum absolute atomic E-state index is 0.204. The highest BCUT2D eigenvalue weighted by Crippen LogP contribution is 2.15. The number of amides is 1. The van der Waals surface area contributed by atoms with Gasteiger partial charge in [0.15, 0.2) is 0 Å². The fraction of sp³-hybridized carbons (Fsp3) is 0.688. The van der Waals surface area contributed by atoms with Crippen LogP contribution in [0, 0.1) is 0 Å². The van der Waals surface area contributed by atoms with Crippen LogP contribution in [0.5, 0.6) is 0 Å². The van der Waals surface area contributed by atoms with E-state index in [0.717, 1.165) is 44.5 Å². The monoisotopic (exact) mass is 306 g/mol. The molecule has 1 unspecified atom stereocenters. The molecule has 1 aromatic rings. The molecule has 1 fully saturated rings. The molecule has 1 N–H and O–H groups in total. The Bertz CT molecular complexity index is 473. The summed E-state index contributed by atoms with van der Waals surface area (Å²) < 4.78 is 5.45. The lowest BCUT2D eigenvalue weighted by Gasteiger charge is -2.26. The Kier molecular flexibility index (Phi) is 5.71. The second kappa shape index (κ2) is 7.54. The zero-order chi connectivity index (χ0) is 16.0. The number of aromatic nitrogens is 2. The van der Waals surface area contributed by atoms with Crippen molar-refractivity contribution in [3.8, 4) is 0 Å². The van der Waals surface area contributed by atoms with E-state index in [-0.39, 0.29) is 6.09 Å². The smallest absolute Gasteiger partial charge is 0.410 e. The van der Waals surface area contributed by atoms with Gasteiger partial charge < -0.3 is 15.0 Å². The highest BCUT2D eigenvalue weighted by atomic mass is 16.6. The lowest BCUT2D eigenvalue weighted by Crippen LogP contribution is -2.38. The van der Waals surface area contributed by atoms with Crippen molar-refractivity contribution in [1.82, 2.24) is 20.2 Å². The van der Waals surface area contributed by atoms with Crippen LogP contribution in [0.2, 0.25) is 0 Å². The number of hydrogen-bond donors (Lipinski definition) is 1. The summed E-state index contributed by atoms with van der Waals surface area (Å²) in [4.78, 5) is 22.0. The molecule has 0 spiro atoms. The average Bonchev–Trinajstić information content (AvgIpc) is 2.70. The molecule has 22 heavy (non-hydrogen) atoms. The zero-order valence-electron chi connectivity index (χ0n) is 13.7. The van der Waals surface area contributed by atoms with E-state index in [4.69, 9.17) is 4.74 Å². The number of ether oxygens (including phenoxy) is 1. The summed E-state index contributed by atoms with van der Waals surface area (Å²) in [5, 5.41) is 3.53. The molecule has 0 aromatic carbocycles. The number of nitrogens with one attached hydrogen (secondary N) is 1. The Morgan fingerprint density at radius 2 is 2.05 bits per heavy atom. The molecule has 122 valence electrons. The predicted octanol–water partition coefficient (Wildman–Crippen LogP) is 2.36. The van der Waals surface area contributed by atoms with Gasteiger partial charge in [0.1, 0.15) is 11.9 Å². The molecule has 6 heteroatoms. The van der Waals surface area contributed by atoms with E-state index in [0.29, 0.717) is 6.04 Å². The second-order valence-electron chi connectivity index (χ2n) is 6.72. The van der Waals surface area contributed by atoms with Crippen LogP contribution in [-0.2, 0) is 11.3 Å². The molecule has 0 aliphatic carbocycles. The van der Waals surface area contributed by atoms with E-state index >= 15 is 0 Å². The Labute approximate surface area is 132 Å². The molecule has 1 aliphatic heterocycles. The Balaban J connectivity index is 1.78. The molecule has 1 aromatic heterocycles. The molecular formula is C16H26N4O2. The summed E-state index contributed by atoms with van der Waals surface area (Å²) >= 11 is 0. The number of carbonyl (C=O) groups is 1. The van der Waals surface area contributed by atoms with Gasteiger partial charge in [-0.15, -0.1) is 0 Å². The van der Waals surface area contributed by atoms with E-state index in [1.807, 2.05) is 38.1 Å². The Morgan fingerprint density at radius 1 is 1.32 bits per heavy atom. The van der Waals surface area contributed by atoms with Gasteiger partial charge in [-0.05, 0) is 40.0 Å². The largest absolute Gasteiger partial charge is 0.444 e. The van der Waals surface area contributed by atoms with E-state index in [9.17, 15) is 4.79 Å². The van der Waals surface area contributed by atoms with Crippen molar-refractivity contribution in [3.63, 3.8) is 0 Å². The van der Waals surface area contributed by atoms with Gasteiger partial charge in [0, 0.05) is 43.6 Å². The van der Waals surface area contributed by atoms with Crippen molar-refractivity contribution in [3.05, 3.63) is 24.3 Å². The molecule has 0 bridgehead atoms. The third kappa shape index (κ3) is 5.60. The lowest BCUT2D eigenvalue weighted by molar-refractivity contribution is 0.0256. The topological polar surface area (TPSA) is 67.3 Å². The maximum atomic E-state index is 12.1. The summed E-state index contributed by atoms with van der Waals surface area (Å²) in [5.74, 6) is 0. The Hall–Kier alpha value is -1.69. The van der Waals surface area contributed by atoms with Crippen LogP contribution >= 0.6 is 0 Å². The van der Waals surface area contributed by atoms with Crippen LogP contribution in [0.3, 0.4) is 0 Å². The standard InChI is InChI=1S/C16H26N4O2/c1-16(2,3)22-15(21)20-7-4-5-14(6-8-20)19-11-13-9-17-12-18-10-13/h9-10,12,14,19H,4-8,11H2,1-3H3. The molecule has 2 heterocycles. The number of carbonyl (C=O) groups excluding carboxylic acids is 1. The van der Waals surface area contributed by atoms with Gasteiger partial charge in [0.2, 0.25) is 0 Å². The first kappa shape index (κ1) is 16.7. The minimum Gasteiger partial charge on any atom is -0.444 e. The van der Waals surface area contributed by atoms with E-state index in [2.05, 4.69) is 15.3 Å². The quantitative estimate of drug-likeness (QED) is 0.928. The van der Waals surface area contributed by atoms with Crippen LogP contribution in [-0.4, -0.2) is 45.7 Å². The Morgan fingerprint density at radius 3 is 2.73 bits per heavy atom. The van der Waals surface area contributed by atoms with Gasteiger partial charge in [0.05, 0.1) is 0 Å². The van der Waals surface area contributed by atoms with Crippen molar-refractivity contribution in [1.29, 1.82) is 0 Å². The normalized spacial score (nSPS) is 19.6. The maximum absolute atomic E-state index is 12.1. The summed E-state index contributed by atoms with van der Waals surface area (Å²) in [6.45, 7) is 7.95. The third-order valence-electron chi connectivity index (χ3n) is 3.59. The van der Waals surface area contributed by atoms with Crippen molar-refractivity contribution in [2.45, 2.75) is 58.2 Å². The first-order valence-corrected chi connectivity index (χ1v) is 7.89. The van der Waals surface area contributed by atoms with Gasteiger partial charge in [-0.1, -0.05) is 0 Å². The van der Waals surface area contributed by atoms with Crippen LogP contribution in [0.15, 0.2) is 18.7 Å². The highest BCUT2D eigenvalue weighted by Gasteiger charge is 2.24. The summed E-state index contributed by atoms with van der Waals surface area (Å²) in [5.41, 5.74) is 0.643. The number of rotatable bonds is 3. The lowest BCUT2D eigenvalue weighted by atomic mass is 10.1. The molecule has 0 radical (unpaired) electrons. The zero-order valence-corrected chi connectivity index (χ0v) is 13.7. The van der Waals surface area contributed by atoms with Crippen molar-refractivity contribution >= 4 is 6.09 Å². The van der Waals surface area contributed by atoms with Crippen molar-refractivity contribution in [2.24, 2.45) is 0 Å². The molecule has 1 atom stereocenters. The molecule has 1 saturated heterocycles. The van der Waals surface area contributed by atoms with E-state index in [1.165, 1.54) is 6.33 Å². The SMILES string of the molecule is CC(C)(C)OC(=O)N1CCCC(NCc2cncnc2)CC1. The van der Waals surface area contributed by atoms with Gasteiger partial charge in [-0.25, -0.2) is 14.8 Å². The fourth-order valence-corrected chi connectivity index (χ4v) is 2.49. The van der Waals surface area contributed by atoms with E-state index in [1.54, 1.807) is 0 Å². The first-order chi connectivity index (χ1) is 10.4. The molecule has 1 aliphatic rings. The predicted molar refractivity (Wildman–Crippen MR) is 84.3 cm³/mol. The van der Waals surface area contributed by atoms with Crippen LogP contribution in [0.4, 0.5) is 4.79 Å². The van der Waals surface area contributed by atoms with Gasteiger partial charge in [-0.3, -0.25) is 0 Å². The average molecular weight is 306 g/mol. The number of hydrogen-bond acceptors (Lipinski definition) is 5. The van der Waals surface area contributed by atoms with Gasteiger partial charge >= 0.3 is 6.09 Å². The van der Waals surface area contributed by atoms with Crippen molar-refractivity contribution < 1.29 is 9.53 Å². The minimum atomic E-state index is -0.436. The molecule has 1 amide bonds. The van der Waals surface area contributed by atoms with Crippen LogP contribution < -0.4 is 5.32 Å². The first-order valence-electron chi connectivity index (χ1n) is 7.89. The molecule has 6 nitrogen and oxygen atoms in total. The summed E-state index contributed by atoms with van der Waals surface area (Å²) in [6.07, 6.45) is 7.97. The van der Waals surface area contributed by atoms with Gasteiger partial charge in [0.25, 0.3) is 0 Å². The van der Waals surface area contributed by atoms with Crippen LogP contribution in [0.1, 0.15) is 45.6 Å². The molecule has 0 saturated carbocycles. The third-order valence-corrected chi connectivity index (χ3v) is 3.59. The fourth-order valence-electron chi connectivity index (χ4n) is 2.49. The summed E-state index contributed by atoms with van der Waals surface area (Å²) in [7, 11) is 0. The van der Waals surface area contributed by atoms with E-state index < -0.39 is 5.60 Å². The van der Waals surface area contributed by atoms with Crippen molar-refractivity contribution in [2.75, 3.05) is 13.1 Å². The molecular weight excluding hydrogens is 280 g/mol. The van der Waals surface area contributed by atoms with Crippen LogP contribution in [0.25, 0.3) is 0 Å². The summed E-state index contributed by atoms with van der Waals surface area (Å²) in [6, 6.07) is 0.410. The molecule has 2 rings (SSSR count). The number of likely N-dealkylation sites (tertiary alicyclic amines) is 1.